The lowest BCUT2D eigenvalue weighted by molar-refractivity contribution is -0.126. The summed E-state index contributed by atoms with van der Waals surface area (Å²) in [6.07, 6.45) is 0. The highest BCUT2D eigenvalue weighted by molar-refractivity contribution is 9.10. The SMILES string of the molecule is [B]C([B])(c1ccccc1)S(=O)(=O)OC1=C(N)O[C@]([B])(c2ccccc2Br)C1=O. The number of ether oxygens (including phenoxy) is 1. The first-order valence-electron chi connectivity index (χ1n) is 7.85. The second-order valence-corrected chi connectivity index (χ2v) is 8.64. The Bertz CT molecular complexity index is 1080. The second-order valence-electron chi connectivity index (χ2n) is 6.04. The minimum Gasteiger partial charge on any atom is -0.467 e. The highest BCUT2D eigenvalue weighted by Crippen LogP contribution is 2.40. The van der Waals surface area contributed by atoms with E-state index in [2.05, 4.69) is 15.9 Å². The normalized spacial score (nSPS) is 20.1. The van der Waals surface area contributed by atoms with Crippen LogP contribution in [0, 0.1) is 0 Å². The Morgan fingerprint density at radius 3 is 2.25 bits per heavy atom. The van der Waals surface area contributed by atoms with Crippen molar-refractivity contribution >= 4 is 55.4 Å². The molecule has 1 aliphatic rings. The van der Waals surface area contributed by atoms with Crippen molar-refractivity contribution in [2.24, 2.45) is 5.73 Å². The molecule has 11 heteroatoms. The van der Waals surface area contributed by atoms with Gasteiger partial charge in [0.15, 0.2) is 5.50 Å². The summed E-state index contributed by atoms with van der Waals surface area (Å²) in [4.78, 5) is 12.9. The van der Waals surface area contributed by atoms with Gasteiger partial charge in [0.25, 0.3) is 0 Å². The van der Waals surface area contributed by atoms with Crippen molar-refractivity contribution < 1.29 is 22.1 Å². The molecule has 0 spiro atoms. The van der Waals surface area contributed by atoms with Crippen LogP contribution < -0.4 is 5.73 Å². The molecule has 0 saturated heterocycles. The van der Waals surface area contributed by atoms with Crippen LogP contribution >= 0.6 is 15.9 Å². The summed E-state index contributed by atoms with van der Waals surface area (Å²) >= 11 is 3.26. The van der Waals surface area contributed by atoms with Gasteiger partial charge in [0.2, 0.25) is 17.4 Å². The molecule has 2 N–H and O–H groups in total. The minimum atomic E-state index is -4.76. The van der Waals surface area contributed by atoms with E-state index in [1.807, 2.05) is 0 Å². The fraction of sp³-hybridized carbons (Fsp3) is 0.118. The highest BCUT2D eigenvalue weighted by Gasteiger charge is 2.51. The first kappa shape index (κ1) is 20.6. The molecule has 1 atom stereocenters. The van der Waals surface area contributed by atoms with Gasteiger partial charge < -0.3 is 14.7 Å². The first-order chi connectivity index (χ1) is 13.0. The van der Waals surface area contributed by atoms with E-state index in [1.165, 1.54) is 18.2 Å². The van der Waals surface area contributed by atoms with E-state index in [0.717, 1.165) is 0 Å². The van der Waals surface area contributed by atoms with Crippen LogP contribution in [-0.4, -0.2) is 37.7 Å². The maximum absolute atomic E-state index is 12.9. The summed E-state index contributed by atoms with van der Waals surface area (Å²) in [5.74, 6) is -2.39. The maximum Gasteiger partial charge on any atom is 0.302 e. The summed E-state index contributed by atoms with van der Waals surface area (Å²) in [5.41, 5.74) is 3.89. The van der Waals surface area contributed by atoms with Crippen LogP contribution in [0.2, 0.25) is 0 Å². The van der Waals surface area contributed by atoms with Crippen LogP contribution in [0.25, 0.3) is 0 Å². The van der Waals surface area contributed by atoms with Crippen LogP contribution in [0.5, 0.6) is 0 Å². The van der Waals surface area contributed by atoms with E-state index in [0.29, 0.717) is 4.47 Å². The fourth-order valence-electron chi connectivity index (χ4n) is 2.59. The van der Waals surface area contributed by atoms with Gasteiger partial charge in [-0.1, -0.05) is 64.5 Å². The smallest absolute Gasteiger partial charge is 0.302 e. The molecule has 28 heavy (non-hydrogen) atoms. The Kier molecular flexibility index (Phi) is 5.18. The molecule has 3 rings (SSSR count). The van der Waals surface area contributed by atoms with Gasteiger partial charge in [-0.05, 0) is 11.6 Å². The molecule has 136 valence electrons. The van der Waals surface area contributed by atoms with Crippen molar-refractivity contribution in [2.45, 2.75) is 10.0 Å². The summed E-state index contributed by atoms with van der Waals surface area (Å²) in [5, 5.41) is 0. The fourth-order valence-corrected chi connectivity index (χ4v) is 4.11. The lowest BCUT2D eigenvalue weighted by atomic mass is 9.65. The van der Waals surface area contributed by atoms with E-state index >= 15 is 0 Å². The van der Waals surface area contributed by atoms with Gasteiger partial charge in [0, 0.05) is 10.0 Å². The number of carbonyl (C=O) groups excluding carboxylic acids is 1. The van der Waals surface area contributed by atoms with Crippen molar-refractivity contribution in [3.8, 4) is 0 Å². The molecule has 0 aromatic heterocycles. The number of halogens is 1. The van der Waals surface area contributed by atoms with E-state index < -0.39 is 37.6 Å². The van der Waals surface area contributed by atoms with Gasteiger partial charge in [0.05, 0.1) is 20.2 Å². The number of hydrogen-bond acceptors (Lipinski definition) is 6. The van der Waals surface area contributed by atoms with E-state index in [-0.39, 0.29) is 11.1 Å². The standard InChI is InChI=1S/C17H11B3BrNO5S/c18-16(11-8-4-5-9-12(11)21)14(23)13(15(22)26-16)27-28(24,25)17(19,20)10-6-2-1-3-7-10/h1-9H,22H2/t16-/m1/s1. The molecular formula is C17H11B3BrNO5S. The van der Waals surface area contributed by atoms with Gasteiger partial charge in [-0.2, -0.15) is 8.42 Å². The molecule has 6 radical (unpaired) electrons. The van der Waals surface area contributed by atoms with Crippen molar-refractivity contribution in [2.75, 3.05) is 0 Å². The summed E-state index contributed by atoms with van der Waals surface area (Å²) in [6, 6.07) is 14.0. The molecule has 0 amide bonds. The molecule has 6 nitrogen and oxygen atoms in total. The number of carbonyl (C=O) groups is 1. The molecule has 2 aromatic carbocycles. The van der Waals surface area contributed by atoms with Gasteiger partial charge in [-0.15, -0.1) is 0 Å². The Hall–Kier alpha value is -2.13. The third-order valence-corrected chi connectivity index (χ3v) is 6.28. The third kappa shape index (κ3) is 3.26. The Morgan fingerprint density at radius 1 is 1.07 bits per heavy atom. The predicted molar refractivity (Wildman–Crippen MR) is 109 cm³/mol. The van der Waals surface area contributed by atoms with Crippen LogP contribution in [0.3, 0.4) is 0 Å². The molecular weight excluding hydrogens is 443 g/mol. The van der Waals surface area contributed by atoms with E-state index in [1.54, 1.807) is 36.4 Å². The molecule has 0 bridgehead atoms. The number of hydrogen-bond donors (Lipinski definition) is 1. The number of ketones is 1. The molecule has 2 aromatic rings. The van der Waals surface area contributed by atoms with Crippen LogP contribution in [0.15, 0.2) is 70.7 Å². The number of Topliss-reactive ketones (excluding diaryl/α,β-unsaturated/α-hetero) is 1. The monoisotopic (exact) mass is 453 g/mol. The van der Waals surface area contributed by atoms with Crippen LogP contribution in [0.1, 0.15) is 11.1 Å². The largest absolute Gasteiger partial charge is 0.467 e. The summed E-state index contributed by atoms with van der Waals surface area (Å²) in [6.45, 7) is 0. The van der Waals surface area contributed by atoms with Gasteiger partial charge >= 0.3 is 10.1 Å². The van der Waals surface area contributed by atoms with Gasteiger partial charge in [-0.25, -0.2) is 0 Å². The average Bonchev–Trinajstić information content (AvgIpc) is 2.86. The van der Waals surface area contributed by atoms with Gasteiger partial charge in [-0.3, -0.25) is 4.79 Å². The zero-order chi connectivity index (χ0) is 20.7. The van der Waals surface area contributed by atoms with E-state index in [4.69, 9.17) is 38.2 Å². The molecule has 1 aliphatic heterocycles. The maximum atomic E-state index is 12.9. The highest BCUT2D eigenvalue weighted by atomic mass is 79.9. The van der Waals surface area contributed by atoms with Crippen molar-refractivity contribution in [1.29, 1.82) is 0 Å². The molecule has 0 fully saturated rings. The van der Waals surface area contributed by atoms with Crippen molar-refractivity contribution in [1.82, 2.24) is 0 Å². The number of nitrogens with two attached hydrogens (primary N) is 1. The lowest BCUT2D eigenvalue weighted by Gasteiger charge is -2.27. The molecule has 0 aliphatic carbocycles. The summed E-state index contributed by atoms with van der Waals surface area (Å²) in [7, 11) is 12.9. The molecule has 0 saturated carbocycles. The van der Waals surface area contributed by atoms with Crippen molar-refractivity contribution in [3.05, 3.63) is 81.8 Å². The average molecular weight is 454 g/mol. The second kappa shape index (κ2) is 7.04. The first-order valence-corrected chi connectivity index (χ1v) is 10.1. The molecule has 1 heterocycles. The Balaban J connectivity index is 1.96. The third-order valence-electron chi connectivity index (χ3n) is 4.14. The minimum absolute atomic E-state index is 0.0466. The molecule has 0 unspecified atom stereocenters. The van der Waals surface area contributed by atoms with Crippen LogP contribution in [0.4, 0.5) is 0 Å². The summed E-state index contributed by atoms with van der Waals surface area (Å²) < 4.78 is 33.6. The Labute approximate surface area is 175 Å². The quantitative estimate of drug-likeness (QED) is 0.536. The Morgan fingerprint density at radius 2 is 1.64 bits per heavy atom. The van der Waals surface area contributed by atoms with Crippen LogP contribution in [-0.2, 0) is 33.9 Å². The van der Waals surface area contributed by atoms with Gasteiger partial charge in [0.1, 0.15) is 7.85 Å². The van der Waals surface area contributed by atoms with Crippen molar-refractivity contribution in [3.63, 3.8) is 0 Å². The zero-order valence-corrected chi connectivity index (χ0v) is 16.7. The number of rotatable bonds is 5. The topological polar surface area (TPSA) is 95.7 Å². The number of benzene rings is 2. The lowest BCUT2D eigenvalue weighted by Crippen LogP contribution is -2.40. The predicted octanol–water partition coefficient (Wildman–Crippen LogP) is 0.991. The van der Waals surface area contributed by atoms with E-state index in [9.17, 15) is 13.2 Å². The zero-order valence-electron chi connectivity index (χ0n) is 14.3.